The van der Waals surface area contributed by atoms with Gasteiger partial charge in [0.15, 0.2) is 11.5 Å². The lowest BCUT2D eigenvalue weighted by atomic mass is 10.1. The number of amides is 2. The van der Waals surface area contributed by atoms with E-state index in [9.17, 15) is 14.7 Å². The number of rotatable bonds is 3. The summed E-state index contributed by atoms with van der Waals surface area (Å²) < 4.78 is 5.54. The third-order valence-corrected chi connectivity index (χ3v) is 3.02. The van der Waals surface area contributed by atoms with Crippen molar-refractivity contribution in [3.63, 3.8) is 0 Å². The van der Waals surface area contributed by atoms with Crippen molar-refractivity contribution in [1.29, 1.82) is 0 Å². The van der Waals surface area contributed by atoms with Crippen molar-refractivity contribution in [2.45, 2.75) is 0 Å². The predicted octanol–water partition coefficient (Wildman–Crippen LogP) is 2.22. The van der Waals surface area contributed by atoms with Gasteiger partial charge in [-0.1, -0.05) is 24.3 Å². The Bertz CT molecular complexity index is 747. The first-order valence-electron chi connectivity index (χ1n) is 6.27. The molecule has 0 radical (unpaired) electrons. The molecular weight excluding hydrogens is 270 g/mol. The van der Waals surface area contributed by atoms with Crippen LogP contribution in [0.5, 0.6) is 17.2 Å². The summed E-state index contributed by atoms with van der Waals surface area (Å²) in [6.45, 7) is 0. The molecule has 2 aromatic rings. The Labute approximate surface area is 120 Å². The monoisotopic (exact) mass is 281 g/mol. The number of aromatic hydroxyl groups is 1. The van der Waals surface area contributed by atoms with Gasteiger partial charge < -0.3 is 9.84 Å². The normalized spacial score (nSPS) is 13.8. The van der Waals surface area contributed by atoms with Gasteiger partial charge in [-0.15, -0.1) is 0 Å². The molecular formula is C16H11NO4. The van der Waals surface area contributed by atoms with Gasteiger partial charge in [0.25, 0.3) is 11.8 Å². The van der Waals surface area contributed by atoms with Crippen molar-refractivity contribution in [3.05, 3.63) is 60.2 Å². The molecule has 0 atom stereocenters. The van der Waals surface area contributed by atoms with Crippen LogP contribution >= 0.6 is 0 Å². The molecule has 2 N–H and O–H groups in total. The fraction of sp³-hybridized carbons (Fsp3) is 0. The molecule has 0 aliphatic carbocycles. The van der Waals surface area contributed by atoms with E-state index in [-0.39, 0.29) is 5.75 Å². The van der Waals surface area contributed by atoms with Crippen LogP contribution in [0.4, 0.5) is 0 Å². The Morgan fingerprint density at radius 1 is 0.952 bits per heavy atom. The third-order valence-electron chi connectivity index (χ3n) is 3.02. The van der Waals surface area contributed by atoms with E-state index in [4.69, 9.17) is 4.74 Å². The molecule has 0 spiro atoms. The number of ether oxygens (including phenoxy) is 1. The van der Waals surface area contributed by atoms with Crippen LogP contribution in [0, 0.1) is 0 Å². The number of nitrogens with one attached hydrogen (secondary N) is 1. The van der Waals surface area contributed by atoms with Gasteiger partial charge in [-0.2, -0.15) is 0 Å². The summed E-state index contributed by atoms with van der Waals surface area (Å²) in [5, 5.41) is 11.8. The van der Waals surface area contributed by atoms with E-state index >= 15 is 0 Å². The van der Waals surface area contributed by atoms with Crippen LogP contribution in [0.3, 0.4) is 0 Å². The van der Waals surface area contributed by atoms with Gasteiger partial charge >= 0.3 is 0 Å². The zero-order chi connectivity index (χ0) is 14.8. The first-order valence-corrected chi connectivity index (χ1v) is 6.27. The minimum absolute atomic E-state index is 0.0463. The largest absolute Gasteiger partial charge is 0.504 e. The van der Waals surface area contributed by atoms with Gasteiger partial charge in [-0.05, 0) is 29.8 Å². The van der Waals surface area contributed by atoms with Gasteiger partial charge in [0.2, 0.25) is 0 Å². The number of phenolic OH excluding ortho intramolecular Hbond substituents is 1. The summed E-state index contributed by atoms with van der Waals surface area (Å²) in [6, 6.07) is 13.3. The van der Waals surface area contributed by atoms with E-state index in [0.29, 0.717) is 22.6 Å². The minimum Gasteiger partial charge on any atom is -0.504 e. The second-order valence-electron chi connectivity index (χ2n) is 4.47. The van der Waals surface area contributed by atoms with E-state index in [1.54, 1.807) is 42.5 Å². The summed E-state index contributed by atoms with van der Waals surface area (Å²) in [4.78, 5) is 22.7. The Morgan fingerprint density at radius 2 is 1.67 bits per heavy atom. The highest BCUT2D eigenvalue weighted by Crippen LogP contribution is 2.30. The van der Waals surface area contributed by atoms with Crippen LogP contribution in [0.1, 0.15) is 5.56 Å². The highest BCUT2D eigenvalue weighted by Gasteiger charge is 2.21. The average molecular weight is 281 g/mol. The molecule has 3 rings (SSSR count). The highest BCUT2D eigenvalue weighted by molar-refractivity contribution is 6.33. The van der Waals surface area contributed by atoms with Crippen LogP contribution in [-0.4, -0.2) is 16.9 Å². The lowest BCUT2D eigenvalue weighted by Crippen LogP contribution is -2.21. The van der Waals surface area contributed by atoms with Crippen LogP contribution in [0.25, 0.3) is 5.57 Å². The molecule has 0 unspecified atom stereocenters. The van der Waals surface area contributed by atoms with E-state index in [0.717, 1.165) is 0 Å². The number of carbonyl (C=O) groups excluding carboxylic acids is 2. The molecule has 1 heterocycles. The number of benzene rings is 2. The molecule has 5 heteroatoms. The molecule has 2 aromatic carbocycles. The summed E-state index contributed by atoms with van der Waals surface area (Å²) in [6.07, 6.45) is 1.27. The predicted molar refractivity (Wildman–Crippen MR) is 75.7 cm³/mol. The summed E-state index contributed by atoms with van der Waals surface area (Å²) in [5.74, 6) is 0.0905. The number of carbonyl (C=O) groups is 2. The van der Waals surface area contributed by atoms with Crippen molar-refractivity contribution < 1.29 is 19.4 Å². The molecule has 21 heavy (non-hydrogen) atoms. The number of hydrogen-bond donors (Lipinski definition) is 2. The van der Waals surface area contributed by atoms with Crippen molar-refractivity contribution in [3.8, 4) is 17.2 Å². The summed E-state index contributed by atoms with van der Waals surface area (Å²) in [5.41, 5.74) is 0.956. The second-order valence-corrected chi connectivity index (χ2v) is 4.47. The first-order chi connectivity index (χ1) is 10.1. The SMILES string of the molecule is O=C1C=C(c2ccc(Oc3ccccc3O)cc2)C(=O)N1. The topological polar surface area (TPSA) is 75.6 Å². The Morgan fingerprint density at radius 3 is 2.29 bits per heavy atom. The fourth-order valence-corrected chi connectivity index (χ4v) is 2.00. The minimum atomic E-state index is -0.412. The summed E-state index contributed by atoms with van der Waals surface area (Å²) >= 11 is 0. The second kappa shape index (κ2) is 5.13. The number of para-hydroxylation sites is 2. The average Bonchev–Trinajstić information content (AvgIpc) is 2.81. The van der Waals surface area contributed by atoms with E-state index in [1.807, 2.05) is 0 Å². The van der Waals surface area contributed by atoms with Crippen molar-refractivity contribution >= 4 is 17.4 Å². The van der Waals surface area contributed by atoms with E-state index in [2.05, 4.69) is 5.32 Å². The van der Waals surface area contributed by atoms with E-state index < -0.39 is 11.8 Å². The molecule has 0 saturated heterocycles. The number of imide groups is 1. The van der Waals surface area contributed by atoms with Crippen LogP contribution in [0.15, 0.2) is 54.6 Å². The standard InChI is InChI=1S/C16H11NO4/c18-13-3-1-2-4-14(13)21-11-7-5-10(6-8-11)12-9-15(19)17-16(12)20/h1-9,18H,(H,17,19,20). The summed E-state index contributed by atoms with van der Waals surface area (Å²) in [7, 11) is 0. The van der Waals surface area contributed by atoms with Gasteiger partial charge in [-0.3, -0.25) is 14.9 Å². The zero-order valence-corrected chi connectivity index (χ0v) is 10.9. The van der Waals surface area contributed by atoms with Gasteiger partial charge in [-0.25, -0.2) is 0 Å². The van der Waals surface area contributed by atoms with Crippen molar-refractivity contribution in [2.24, 2.45) is 0 Å². The zero-order valence-electron chi connectivity index (χ0n) is 10.9. The molecule has 0 fully saturated rings. The van der Waals surface area contributed by atoms with Crippen molar-refractivity contribution in [1.82, 2.24) is 5.32 Å². The quantitative estimate of drug-likeness (QED) is 0.846. The van der Waals surface area contributed by atoms with Gasteiger partial charge in [0.1, 0.15) is 5.75 Å². The van der Waals surface area contributed by atoms with Gasteiger partial charge in [0.05, 0.1) is 5.57 Å². The molecule has 0 bridgehead atoms. The maximum absolute atomic E-state index is 11.5. The Kier molecular flexibility index (Phi) is 3.16. The lowest BCUT2D eigenvalue weighted by molar-refractivity contribution is -0.123. The lowest BCUT2D eigenvalue weighted by Gasteiger charge is -2.08. The number of phenols is 1. The van der Waals surface area contributed by atoms with Gasteiger partial charge in [0, 0.05) is 6.08 Å². The molecule has 104 valence electrons. The number of hydrogen-bond acceptors (Lipinski definition) is 4. The van der Waals surface area contributed by atoms with E-state index in [1.165, 1.54) is 12.1 Å². The van der Waals surface area contributed by atoms with Crippen molar-refractivity contribution in [2.75, 3.05) is 0 Å². The van der Waals surface area contributed by atoms with Crippen LogP contribution in [0.2, 0.25) is 0 Å². The van der Waals surface area contributed by atoms with Crippen LogP contribution in [-0.2, 0) is 9.59 Å². The maximum atomic E-state index is 11.5. The highest BCUT2D eigenvalue weighted by atomic mass is 16.5. The first kappa shape index (κ1) is 12.9. The Balaban J connectivity index is 1.82. The van der Waals surface area contributed by atoms with Crippen LogP contribution < -0.4 is 10.1 Å². The molecule has 1 aliphatic rings. The molecule has 0 aromatic heterocycles. The molecule has 0 saturated carbocycles. The fourth-order valence-electron chi connectivity index (χ4n) is 2.00. The molecule has 2 amide bonds. The maximum Gasteiger partial charge on any atom is 0.258 e. The molecule has 1 aliphatic heterocycles. The third kappa shape index (κ3) is 2.62. The Hall–Kier alpha value is -3.08. The molecule has 5 nitrogen and oxygen atoms in total. The smallest absolute Gasteiger partial charge is 0.258 e.